The molecule has 0 aliphatic carbocycles. The minimum absolute atomic E-state index is 0.0409. The van der Waals surface area contributed by atoms with Crippen molar-refractivity contribution in [1.82, 2.24) is 25.5 Å². The lowest BCUT2D eigenvalue weighted by Gasteiger charge is -2.23. The second-order valence-corrected chi connectivity index (χ2v) is 4.95. The molecular formula is C13H13N5O4. The molecule has 1 aliphatic heterocycles. The van der Waals surface area contributed by atoms with Crippen molar-refractivity contribution in [3.05, 3.63) is 36.2 Å². The number of nitrogens with one attached hydrogen (secondary N) is 1. The van der Waals surface area contributed by atoms with Crippen LogP contribution in [0.5, 0.6) is 0 Å². The van der Waals surface area contributed by atoms with Gasteiger partial charge in [0.25, 0.3) is 5.91 Å². The fraction of sp³-hybridized carbons (Fsp3) is 0.308. The Labute approximate surface area is 124 Å². The van der Waals surface area contributed by atoms with E-state index in [1.54, 1.807) is 24.3 Å². The normalized spacial score (nSPS) is 20.7. The molecule has 1 atom stereocenters. The van der Waals surface area contributed by atoms with Gasteiger partial charge in [-0.2, -0.15) is 0 Å². The number of rotatable bonds is 4. The van der Waals surface area contributed by atoms with Crippen molar-refractivity contribution >= 4 is 11.9 Å². The highest BCUT2D eigenvalue weighted by Gasteiger charge is 2.44. The topological polar surface area (TPSA) is 119 Å². The minimum Gasteiger partial charge on any atom is -0.479 e. The van der Waals surface area contributed by atoms with Gasteiger partial charge in [-0.1, -0.05) is 6.07 Å². The van der Waals surface area contributed by atoms with Gasteiger partial charge in [0, 0.05) is 18.6 Å². The van der Waals surface area contributed by atoms with Crippen LogP contribution in [0.3, 0.4) is 0 Å². The third kappa shape index (κ3) is 2.53. The maximum atomic E-state index is 12.3. The average Bonchev–Trinajstić information content (AvgIpc) is 3.19. The fourth-order valence-electron chi connectivity index (χ4n) is 2.24. The quantitative estimate of drug-likeness (QED) is 0.791. The summed E-state index contributed by atoms with van der Waals surface area (Å²) in [4.78, 5) is 23.8. The first-order valence-corrected chi connectivity index (χ1v) is 6.58. The van der Waals surface area contributed by atoms with Gasteiger partial charge < -0.3 is 15.2 Å². The number of carbonyl (C=O) groups excluding carboxylic acids is 1. The highest BCUT2D eigenvalue weighted by Crippen LogP contribution is 2.20. The van der Waals surface area contributed by atoms with Gasteiger partial charge in [-0.25, -0.2) is 9.48 Å². The van der Waals surface area contributed by atoms with Gasteiger partial charge in [-0.05, 0) is 28.6 Å². The third-order valence-electron chi connectivity index (χ3n) is 3.51. The zero-order chi connectivity index (χ0) is 15.6. The number of aromatic nitrogens is 4. The van der Waals surface area contributed by atoms with E-state index in [4.69, 9.17) is 4.74 Å². The molecule has 1 unspecified atom stereocenters. The van der Waals surface area contributed by atoms with Crippen molar-refractivity contribution in [2.24, 2.45) is 0 Å². The Hall–Kier alpha value is -2.81. The van der Waals surface area contributed by atoms with E-state index >= 15 is 0 Å². The summed E-state index contributed by atoms with van der Waals surface area (Å²) in [7, 11) is 0. The van der Waals surface area contributed by atoms with E-state index in [0.29, 0.717) is 17.9 Å². The molecule has 1 aromatic carbocycles. The Morgan fingerprint density at radius 2 is 2.27 bits per heavy atom. The number of amides is 1. The fourth-order valence-corrected chi connectivity index (χ4v) is 2.24. The summed E-state index contributed by atoms with van der Waals surface area (Å²) in [6, 6.07) is 6.58. The summed E-state index contributed by atoms with van der Waals surface area (Å²) < 4.78 is 6.52. The van der Waals surface area contributed by atoms with Crippen LogP contribution >= 0.6 is 0 Å². The Morgan fingerprint density at radius 1 is 1.41 bits per heavy atom. The van der Waals surface area contributed by atoms with Gasteiger partial charge in [0.05, 0.1) is 12.3 Å². The lowest BCUT2D eigenvalue weighted by molar-refractivity contribution is -0.144. The number of nitrogens with zero attached hydrogens (tertiary/aromatic N) is 4. The second-order valence-electron chi connectivity index (χ2n) is 4.95. The molecule has 3 rings (SSSR count). The summed E-state index contributed by atoms with van der Waals surface area (Å²) in [5, 5.41) is 22.7. The van der Waals surface area contributed by atoms with Crippen LogP contribution in [0, 0.1) is 0 Å². The molecule has 1 amide bonds. The average molecular weight is 303 g/mol. The molecule has 114 valence electrons. The zero-order valence-electron chi connectivity index (χ0n) is 11.5. The molecule has 1 aromatic heterocycles. The van der Waals surface area contributed by atoms with Crippen LogP contribution in [0.1, 0.15) is 16.8 Å². The lowest BCUT2D eigenvalue weighted by Crippen LogP contribution is -2.55. The zero-order valence-corrected chi connectivity index (χ0v) is 11.5. The number of aliphatic carboxylic acids is 1. The van der Waals surface area contributed by atoms with Gasteiger partial charge in [0.1, 0.15) is 6.33 Å². The molecule has 2 heterocycles. The number of carbonyl (C=O) groups is 2. The van der Waals surface area contributed by atoms with Gasteiger partial charge in [0.2, 0.25) is 0 Å². The van der Waals surface area contributed by atoms with E-state index in [-0.39, 0.29) is 13.0 Å². The highest BCUT2D eigenvalue weighted by molar-refractivity contribution is 5.98. The van der Waals surface area contributed by atoms with Crippen LogP contribution in [-0.4, -0.2) is 55.9 Å². The first-order valence-electron chi connectivity index (χ1n) is 6.58. The Kier molecular flexibility index (Phi) is 3.55. The van der Waals surface area contributed by atoms with Gasteiger partial charge in [-0.15, -0.1) is 5.10 Å². The van der Waals surface area contributed by atoms with Crippen LogP contribution in [0.4, 0.5) is 0 Å². The Balaban J connectivity index is 1.83. The predicted molar refractivity (Wildman–Crippen MR) is 72.4 cm³/mol. The van der Waals surface area contributed by atoms with Gasteiger partial charge >= 0.3 is 5.97 Å². The first-order chi connectivity index (χ1) is 10.6. The predicted octanol–water partition coefficient (Wildman–Crippen LogP) is -0.364. The van der Waals surface area contributed by atoms with Crippen molar-refractivity contribution in [2.45, 2.75) is 12.0 Å². The number of tetrazole rings is 1. The molecular weight excluding hydrogens is 290 g/mol. The first kappa shape index (κ1) is 14.1. The van der Waals surface area contributed by atoms with Crippen molar-refractivity contribution in [3.8, 4) is 5.69 Å². The molecule has 0 bridgehead atoms. The summed E-state index contributed by atoms with van der Waals surface area (Å²) >= 11 is 0. The molecule has 2 N–H and O–H groups in total. The maximum Gasteiger partial charge on any atom is 0.331 e. The number of ether oxygens (including phenoxy) is 1. The standard InChI is InChI=1S/C13H13N5O4/c19-11(15-13(12(20)21)4-5-22-7-13)9-2-1-3-10(6-9)18-8-14-16-17-18/h1-3,6,8H,4-5,7H2,(H,15,19)(H,20,21). The Bertz CT molecular complexity index is 694. The van der Waals surface area contributed by atoms with Gasteiger partial charge in [0.15, 0.2) is 5.54 Å². The SMILES string of the molecule is O=C(NC1(C(=O)O)CCOC1)c1cccc(-n2cnnn2)c1. The summed E-state index contributed by atoms with van der Waals surface area (Å²) in [6.07, 6.45) is 1.64. The van der Waals surface area contributed by atoms with Crippen molar-refractivity contribution < 1.29 is 19.4 Å². The number of hydrogen-bond acceptors (Lipinski definition) is 6. The maximum absolute atomic E-state index is 12.3. The summed E-state index contributed by atoms with van der Waals surface area (Å²) in [6.45, 7) is 0.262. The van der Waals surface area contributed by atoms with E-state index in [1.165, 1.54) is 11.0 Å². The van der Waals surface area contributed by atoms with Crippen molar-refractivity contribution in [1.29, 1.82) is 0 Å². The third-order valence-corrected chi connectivity index (χ3v) is 3.51. The lowest BCUT2D eigenvalue weighted by atomic mass is 9.98. The van der Waals surface area contributed by atoms with Gasteiger partial charge in [-0.3, -0.25) is 4.79 Å². The van der Waals surface area contributed by atoms with E-state index in [0.717, 1.165) is 0 Å². The molecule has 0 radical (unpaired) electrons. The Morgan fingerprint density at radius 3 is 2.91 bits per heavy atom. The van der Waals surface area contributed by atoms with Crippen LogP contribution in [0.15, 0.2) is 30.6 Å². The molecule has 1 saturated heterocycles. The molecule has 9 nitrogen and oxygen atoms in total. The largest absolute Gasteiger partial charge is 0.479 e. The number of hydrogen-bond donors (Lipinski definition) is 2. The number of benzene rings is 1. The molecule has 0 saturated carbocycles. The molecule has 1 fully saturated rings. The molecule has 22 heavy (non-hydrogen) atoms. The monoisotopic (exact) mass is 303 g/mol. The van der Waals surface area contributed by atoms with E-state index in [2.05, 4.69) is 20.8 Å². The van der Waals surface area contributed by atoms with Crippen LogP contribution in [0.2, 0.25) is 0 Å². The van der Waals surface area contributed by atoms with Crippen molar-refractivity contribution in [2.75, 3.05) is 13.2 Å². The smallest absolute Gasteiger partial charge is 0.331 e. The summed E-state index contributed by atoms with van der Waals surface area (Å²) in [5.41, 5.74) is -0.452. The molecule has 0 spiro atoms. The minimum atomic E-state index is -1.37. The second kappa shape index (κ2) is 5.53. The molecule has 1 aliphatic rings. The number of carboxylic acids is 1. The summed E-state index contributed by atoms with van der Waals surface area (Å²) in [5.74, 6) is -1.59. The number of carboxylic acid groups (broad SMARTS) is 1. The van der Waals surface area contributed by atoms with Crippen molar-refractivity contribution in [3.63, 3.8) is 0 Å². The highest BCUT2D eigenvalue weighted by atomic mass is 16.5. The van der Waals surface area contributed by atoms with Crippen LogP contribution in [-0.2, 0) is 9.53 Å². The molecule has 2 aromatic rings. The van der Waals surface area contributed by atoms with Crippen LogP contribution in [0.25, 0.3) is 5.69 Å². The van der Waals surface area contributed by atoms with Crippen LogP contribution < -0.4 is 5.32 Å². The van der Waals surface area contributed by atoms with E-state index < -0.39 is 17.4 Å². The van der Waals surface area contributed by atoms with E-state index in [9.17, 15) is 14.7 Å². The van der Waals surface area contributed by atoms with E-state index in [1.807, 2.05) is 0 Å². The molecule has 9 heteroatoms.